The van der Waals surface area contributed by atoms with E-state index in [0.717, 1.165) is 32.4 Å². The molecule has 0 saturated carbocycles. The van der Waals surface area contributed by atoms with Crippen LogP contribution in [-0.2, 0) is 0 Å². The van der Waals surface area contributed by atoms with E-state index in [4.69, 9.17) is 34.7 Å². The molecule has 2 rings (SSSR count). The first-order valence-electron chi connectivity index (χ1n) is 8.66. The van der Waals surface area contributed by atoms with Crippen LogP contribution in [0.25, 0.3) is 9.81 Å². The summed E-state index contributed by atoms with van der Waals surface area (Å²) in [4.78, 5) is 1.54. The molecule has 0 N–H and O–H groups in total. The average molecular weight is 389 g/mol. The summed E-state index contributed by atoms with van der Waals surface area (Å²) < 4.78 is 12.2. The van der Waals surface area contributed by atoms with Gasteiger partial charge in [-0.2, -0.15) is 0 Å². The molecule has 0 heterocycles. The maximum absolute atomic E-state index is 6.15. The van der Waals surface area contributed by atoms with Crippen LogP contribution >= 0.6 is 25.3 Å². The minimum atomic E-state index is -0.321. The van der Waals surface area contributed by atoms with Crippen LogP contribution in [0.2, 0.25) is 0 Å². The van der Waals surface area contributed by atoms with Gasteiger partial charge in [0.2, 0.25) is 0 Å². The number of hydrogen-bond donors (Lipinski definition) is 2. The monoisotopic (exact) mass is 388 g/mol. The summed E-state index contributed by atoms with van der Waals surface area (Å²) in [6, 6.07) is 15.8. The fraction of sp³-hybridized carbons (Fsp3) is 0.364. The Bertz CT molecular complexity index is 782. The zero-order chi connectivity index (χ0) is 19.5. The predicted octanol–water partition coefficient (Wildman–Crippen LogP) is 6.73. The quantitative estimate of drug-likeness (QED) is 0.447. The molecule has 0 radical (unpaired) electrons. The minimum Gasteiger partial charge on any atom is -0.488 e. The van der Waals surface area contributed by atoms with Crippen LogP contribution in [0, 0.1) is 0 Å². The zero-order valence-electron chi connectivity index (χ0n) is 16.3. The summed E-state index contributed by atoms with van der Waals surface area (Å²) >= 11 is 9.48. The molecule has 0 fully saturated rings. The second kappa shape index (κ2) is 8.01. The Morgan fingerprint density at radius 2 is 1.31 bits per heavy atom. The van der Waals surface area contributed by atoms with Gasteiger partial charge in [0.15, 0.2) is 0 Å². The van der Waals surface area contributed by atoms with Gasteiger partial charge in [0.1, 0.15) is 22.7 Å². The molecule has 0 aliphatic carbocycles. The second-order valence-electron chi connectivity index (χ2n) is 8.15. The van der Waals surface area contributed by atoms with E-state index in [2.05, 4.69) is 0 Å². The summed E-state index contributed by atoms with van der Waals surface area (Å²) in [5.74, 6) is 1.53. The van der Waals surface area contributed by atoms with Gasteiger partial charge in [-0.1, -0.05) is 30.3 Å². The number of rotatable bonds is 4. The first-order valence-corrected chi connectivity index (χ1v) is 9.56. The van der Waals surface area contributed by atoms with Crippen molar-refractivity contribution in [2.75, 3.05) is 0 Å². The van der Waals surface area contributed by atoms with Crippen LogP contribution < -0.4 is 9.47 Å². The van der Waals surface area contributed by atoms with Crippen LogP contribution in [0.5, 0.6) is 11.5 Å². The molecule has 0 bridgehead atoms. The van der Waals surface area contributed by atoms with Gasteiger partial charge in [-0.25, -0.2) is 0 Å². The van der Waals surface area contributed by atoms with Crippen molar-refractivity contribution in [3.8, 4) is 11.5 Å². The van der Waals surface area contributed by atoms with E-state index in [1.54, 1.807) is 0 Å². The van der Waals surface area contributed by atoms with Crippen molar-refractivity contribution in [1.82, 2.24) is 0 Å². The van der Waals surface area contributed by atoms with Gasteiger partial charge in [-0.3, -0.25) is 0 Å². The normalized spacial score (nSPS) is 13.2. The van der Waals surface area contributed by atoms with Crippen molar-refractivity contribution in [2.45, 2.75) is 52.7 Å². The maximum atomic E-state index is 6.15. The molecule has 2 nitrogen and oxygen atoms in total. The summed E-state index contributed by atoms with van der Waals surface area (Å²) in [6.45, 7) is 12.2. The highest BCUT2D eigenvalue weighted by Gasteiger charge is 2.20. The average Bonchev–Trinajstić information content (AvgIpc) is 2.53. The van der Waals surface area contributed by atoms with Crippen molar-refractivity contribution < 1.29 is 9.47 Å². The van der Waals surface area contributed by atoms with Gasteiger partial charge in [0, 0.05) is 15.4 Å². The summed E-state index contributed by atoms with van der Waals surface area (Å²) in [7, 11) is 0. The first kappa shape index (κ1) is 20.8. The molecule has 0 aliphatic rings. The first-order chi connectivity index (χ1) is 12.0. The Labute approximate surface area is 168 Å². The van der Waals surface area contributed by atoms with E-state index in [1.807, 2.05) is 90.1 Å². The lowest BCUT2D eigenvalue weighted by molar-refractivity contribution is 0.125. The third kappa shape index (κ3) is 6.03. The van der Waals surface area contributed by atoms with E-state index in [1.165, 1.54) is 0 Å². The van der Waals surface area contributed by atoms with E-state index < -0.39 is 0 Å². The Kier molecular flexibility index (Phi) is 6.41. The lowest BCUT2D eigenvalue weighted by Crippen LogP contribution is -2.24. The lowest BCUT2D eigenvalue weighted by Gasteiger charge is -2.26. The molecule has 2 aromatic rings. The van der Waals surface area contributed by atoms with Crippen molar-refractivity contribution in [3.63, 3.8) is 0 Å². The Balaban J connectivity index is 2.56. The number of hydrogen-bond acceptors (Lipinski definition) is 4. The van der Waals surface area contributed by atoms with E-state index in [9.17, 15) is 0 Å². The van der Waals surface area contributed by atoms with Crippen LogP contribution in [0.15, 0.2) is 48.5 Å². The molecule has 0 spiro atoms. The third-order valence-electron chi connectivity index (χ3n) is 3.32. The maximum Gasteiger partial charge on any atom is 0.128 e. The molecule has 140 valence electrons. The fourth-order valence-electron chi connectivity index (χ4n) is 2.39. The molecule has 0 saturated heterocycles. The molecule has 26 heavy (non-hydrogen) atoms. The van der Waals surface area contributed by atoms with Crippen LogP contribution in [-0.4, -0.2) is 11.2 Å². The van der Waals surface area contributed by atoms with E-state index in [0.29, 0.717) is 0 Å². The number of thiol groups is 2. The minimum absolute atomic E-state index is 0.284. The highest BCUT2D eigenvalue weighted by atomic mass is 32.1. The Hall–Kier alpha value is -1.52. The standard InChI is InChI=1S/C22H28O2S2/c1-21(2,3)23-16-12-13-18(24-22(4,5)6)17(14-16)20(26)19(25)15-10-8-7-9-11-15/h7-14,25-26H,1-6H3/b20-19-. The van der Waals surface area contributed by atoms with E-state index >= 15 is 0 Å². The van der Waals surface area contributed by atoms with Crippen LogP contribution in [0.3, 0.4) is 0 Å². The molecule has 2 aromatic carbocycles. The number of benzene rings is 2. The zero-order valence-corrected chi connectivity index (χ0v) is 18.1. The molecule has 0 atom stereocenters. The topological polar surface area (TPSA) is 18.5 Å². The van der Waals surface area contributed by atoms with Gasteiger partial charge >= 0.3 is 0 Å². The third-order valence-corrected chi connectivity index (χ3v) is 4.44. The van der Waals surface area contributed by atoms with Crippen molar-refractivity contribution >= 4 is 35.1 Å². The smallest absolute Gasteiger partial charge is 0.128 e. The van der Waals surface area contributed by atoms with Gasteiger partial charge in [0.25, 0.3) is 0 Å². The number of ether oxygens (including phenoxy) is 2. The molecule has 0 aliphatic heterocycles. The fourth-order valence-corrected chi connectivity index (χ4v) is 2.96. The van der Waals surface area contributed by atoms with E-state index in [-0.39, 0.29) is 11.2 Å². The van der Waals surface area contributed by atoms with Crippen molar-refractivity contribution in [3.05, 3.63) is 59.7 Å². The summed E-state index contributed by atoms with van der Waals surface area (Å²) in [5, 5.41) is 0. The molecule has 0 unspecified atom stereocenters. The second-order valence-corrected chi connectivity index (χ2v) is 9.04. The Morgan fingerprint density at radius 3 is 1.85 bits per heavy atom. The molecular weight excluding hydrogens is 360 g/mol. The van der Waals surface area contributed by atoms with Crippen molar-refractivity contribution in [1.29, 1.82) is 0 Å². The SMILES string of the molecule is CC(C)(C)Oc1ccc(OC(C)(C)C)c(/C(S)=C(/S)c2ccccc2)c1. The Morgan fingerprint density at radius 1 is 0.731 bits per heavy atom. The van der Waals surface area contributed by atoms with Crippen molar-refractivity contribution in [2.24, 2.45) is 0 Å². The summed E-state index contributed by atoms with van der Waals surface area (Å²) in [6.07, 6.45) is 0. The largest absolute Gasteiger partial charge is 0.488 e. The lowest BCUT2D eigenvalue weighted by atomic mass is 10.1. The highest BCUT2D eigenvalue weighted by molar-refractivity contribution is 7.96. The van der Waals surface area contributed by atoms with Gasteiger partial charge in [-0.05, 0) is 65.3 Å². The molecule has 0 aromatic heterocycles. The van der Waals surface area contributed by atoms with Gasteiger partial charge in [-0.15, -0.1) is 25.3 Å². The van der Waals surface area contributed by atoms with Crippen LogP contribution in [0.4, 0.5) is 0 Å². The summed E-state index contributed by atoms with van der Waals surface area (Å²) in [5.41, 5.74) is 1.26. The molecule has 0 amide bonds. The molecular formula is C22H28O2S2. The molecule has 4 heteroatoms. The van der Waals surface area contributed by atoms with Crippen LogP contribution in [0.1, 0.15) is 52.7 Å². The predicted molar refractivity (Wildman–Crippen MR) is 118 cm³/mol. The highest BCUT2D eigenvalue weighted by Crippen LogP contribution is 2.40. The van der Waals surface area contributed by atoms with Gasteiger partial charge < -0.3 is 9.47 Å². The van der Waals surface area contributed by atoms with Gasteiger partial charge in [0.05, 0.1) is 0 Å².